The molecule has 0 spiro atoms. The maximum atomic E-state index is 12.1. The van der Waals surface area contributed by atoms with E-state index in [4.69, 9.17) is 12.2 Å². The van der Waals surface area contributed by atoms with Gasteiger partial charge in [0.1, 0.15) is 0 Å². The summed E-state index contributed by atoms with van der Waals surface area (Å²) in [7, 11) is 0. The number of hydrogen-bond acceptors (Lipinski definition) is 2. The standard InChI is InChI=1S/C15H22N2O/c1-2-3-13(16)14(18)17-15-7-10-4-11(8-15)6-12(5-10)9-15/h1,10-13H,3-9,16H2,(H,17,18). The molecule has 4 rings (SSSR count). The van der Waals surface area contributed by atoms with E-state index in [1.165, 1.54) is 19.3 Å². The molecular formula is C15H22N2O. The van der Waals surface area contributed by atoms with E-state index >= 15 is 0 Å². The van der Waals surface area contributed by atoms with Crippen molar-refractivity contribution < 1.29 is 4.79 Å². The zero-order valence-electron chi connectivity index (χ0n) is 10.8. The van der Waals surface area contributed by atoms with Gasteiger partial charge in [-0.15, -0.1) is 12.3 Å². The molecule has 1 amide bonds. The highest BCUT2D eigenvalue weighted by Gasteiger charge is 2.51. The molecule has 4 aliphatic rings. The molecule has 3 nitrogen and oxygen atoms in total. The Morgan fingerprint density at radius 1 is 1.28 bits per heavy atom. The molecule has 4 saturated carbocycles. The average Bonchev–Trinajstić information content (AvgIpc) is 2.26. The average molecular weight is 246 g/mol. The Morgan fingerprint density at radius 2 is 1.78 bits per heavy atom. The molecule has 0 radical (unpaired) electrons. The molecule has 3 heteroatoms. The first-order chi connectivity index (χ1) is 8.60. The van der Waals surface area contributed by atoms with Crippen LogP contribution in [0.15, 0.2) is 0 Å². The Labute approximate surface area is 109 Å². The molecule has 18 heavy (non-hydrogen) atoms. The number of rotatable bonds is 3. The van der Waals surface area contributed by atoms with Crippen molar-refractivity contribution in [3.05, 3.63) is 0 Å². The molecule has 4 fully saturated rings. The van der Waals surface area contributed by atoms with Gasteiger partial charge in [0.25, 0.3) is 0 Å². The van der Waals surface area contributed by atoms with Gasteiger partial charge in [0.2, 0.25) is 5.91 Å². The quantitative estimate of drug-likeness (QED) is 0.740. The lowest BCUT2D eigenvalue weighted by Gasteiger charge is -2.57. The first-order valence-corrected chi connectivity index (χ1v) is 7.11. The van der Waals surface area contributed by atoms with Crippen molar-refractivity contribution in [2.24, 2.45) is 23.5 Å². The molecule has 0 aromatic carbocycles. The number of nitrogens with two attached hydrogens (primary N) is 1. The molecule has 0 aliphatic heterocycles. The monoisotopic (exact) mass is 246 g/mol. The van der Waals surface area contributed by atoms with Gasteiger partial charge in [-0.1, -0.05) is 0 Å². The fraction of sp³-hybridized carbons (Fsp3) is 0.800. The van der Waals surface area contributed by atoms with Crippen molar-refractivity contribution in [1.29, 1.82) is 0 Å². The second kappa shape index (κ2) is 4.28. The predicted molar refractivity (Wildman–Crippen MR) is 70.5 cm³/mol. The van der Waals surface area contributed by atoms with Crippen molar-refractivity contribution in [3.8, 4) is 12.3 Å². The van der Waals surface area contributed by atoms with Gasteiger partial charge < -0.3 is 11.1 Å². The lowest BCUT2D eigenvalue weighted by molar-refractivity contribution is -0.128. The summed E-state index contributed by atoms with van der Waals surface area (Å²) in [5.74, 6) is 4.93. The highest BCUT2D eigenvalue weighted by molar-refractivity contribution is 5.82. The summed E-state index contributed by atoms with van der Waals surface area (Å²) in [6.07, 6.45) is 13.2. The van der Waals surface area contributed by atoms with Crippen LogP contribution in [0.2, 0.25) is 0 Å². The summed E-state index contributed by atoms with van der Waals surface area (Å²) < 4.78 is 0. The van der Waals surface area contributed by atoms with E-state index in [0.29, 0.717) is 6.42 Å². The van der Waals surface area contributed by atoms with E-state index in [1.54, 1.807) is 0 Å². The minimum atomic E-state index is -0.539. The van der Waals surface area contributed by atoms with Crippen molar-refractivity contribution in [2.45, 2.75) is 56.5 Å². The molecule has 0 saturated heterocycles. The zero-order valence-corrected chi connectivity index (χ0v) is 10.8. The summed E-state index contributed by atoms with van der Waals surface area (Å²) in [6.45, 7) is 0. The van der Waals surface area contributed by atoms with Crippen molar-refractivity contribution in [3.63, 3.8) is 0 Å². The Kier molecular flexibility index (Phi) is 2.86. The molecule has 0 aromatic rings. The number of carbonyl (C=O) groups is 1. The second-order valence-corrected chi connectivity index (χ2v) is 6.70. The maximum Gasteiger partial charge on any atom is 0.238 e. The van der Waals surface area contributed by atoms with Crippen LogP contribution < -0.4 is 11.1 Å². The van der Waals surface area contributed by atoms with E-state index in [2.05, 4.69) is 11.2 Å². The van der Waals surface area contributed by atoms with E-state index < -0.39 is 6.04 Å². The SMILES string of the molecule is C#CCC(N)C(=O)NC12CC3CC(CC(C3)C1)C2. The largest absolute Gasteiger partial charge is 0.349 e. The van der Waals surface area contributed by atoms with Crippen molar-refractivity contribution in [1.82, 2.24) is 5.32 Å². The van der Waals surface area contributed by atoms with Crippen LogP contribution in [-0.4, -0.2) is 17.5 Å². The summed E-state index contributed by atoms with van der Waals surface area (Å²) in [5, 5.41) is 3.25. The van der Waals surface area contributed by atoms with Crippen LogP contribution in [0.3, 0.4) is 0 Å². The topological polar surface area (TPSA) is 55.1 Å². The molecule has 1 unspecified atom stereocenters. The second-order valence-electron chi connectivity index (χ2n) is 6.70. The van der Waals surface area contributed by atoms with Crippen LogP contribution in [0, 0.1) is 30.1 Å². The number of carbonyl (C=O) groups excluding carboxylic acids is 1. The first-order valence-electron chi connectivity index (χ1n) is 7.11. The molecule has 0 aromatic heterocycles. The van der Waals surface area contributed by atoms with Gasteiger partial charge in [0.05, 0.1) is 6.04 Å². The highest BCUT2D eigenvalue weighted by Crippen LogP contribution is 2.55. The van der Waals surface area contributed by atoms with Gasteiger partial charge >= 0.3 is 0 Å². The maximum absolute atomic E-state index is 12.1. The summed E-state index contributed by atoms with van der Waals surface area (Å²) in [6, 6.07) is -0.539. The molecule has 4 aliphatic carbocycles. The minimum absolute atomic E-state index is 0.0464. The predicted octanol–water partition coefficient (Wildman–Crippen LogP) is 1.42. The molecule has 4 bridgehead atoms. The molecule has 1 atom stereocenters. The van der Waals surface area contributed by atoms with Crippen LogP contribution in [0.1, 0.15) is 44.9 Å². The molecule has 98 valence electrons. The fourth-order valence-electron chi connectivity index (χ4n) is 4.84. The summed E-state index contributed by atoms with van der Waals surface area (Å²) in [5.41, 5.74) is 5.86. The van der Waals surface area contributed by atoms with Gasteiger partial charge in [-0.05, 0) is 56.3 Å². The first kappa shape index (κ1) is 12.0. The van der Waals surface area contributed by atoms with Crippen LogP contribution in [-0.2, 0) is 4.79 Å². The lowest BCUT2D eigenvalue weighted by Crippen LogP contribution is -2.62. The Balaban J connectivity index is 1.69. The smallest absolute Gasteiger partial charge is 0.238 e. The van der Waals surface area contributed by atoms with Crippen LogP contribution in [0.4, 0.5) is 0 Å². The third kappa shape index (κ3) is 2.03. The van der Waals surface area contributed by atoms with E-state index in [9.17, 15) is 4.79 Å². The molecular weight excluding hydrogens is 224 g/mol. The zero-order chi connectivity index (χ0) is 12.8. The Hall–Kier alpha value is -1.01. The number of terminal acetylenes is 1. The van der Waals surface area contributed by atoms with Crippen molar-refractivity contribution >= 4 is 5.91 Å². The van der Waals surface area contributed by atoms with Gasteiger partial charge in [0.15, 0.2) is 0 Å². The van der Waals surface area contributed by atoms with Gasteiger partial charge in [-0.2, -0.15) is 0 Å². The van der Waals surface area contributed by atoms with Gasteiger partial charge in [-0.25, -0.2) is 0 Å². The third-order valence-corrected chi connectivity index (χ3v) is 5.10. The van der Waals surface area contributed by atoms with Crippen LogP contribution >= 0.6 is 0 Å². The molecule has 3 N–H and O–H groups in total. The number of hydrogen-bond donors (Lipinski definition) is 2. The van der Waals surface area contributed by atoms with E-state index in [1.807, 2.05) is 0 Å². The molecule has 0 heterocycles. The van der Waals surface area contributed by atoms with Crippen molar-refractivity contribution in [2.75, 3.05) is 0 Å². The van der Waals surface area contributed by atoms with Gasteiger partial charge in [-0.3, -0.25) is 4.79 Å². The van der Waals surface area contributed by atoms with E-state index in [-0.39, 0.29) is 11.4 Å². The number of amides is 1. The van der Waals surface area contributed by atoms with E-state index in [0.717, 1.165) is 37.0 Å². The van der Waals surface area contributed by atoms with Gasteiger partial charge in [0, 0.05) is 12.0 Å². The highest BCUT2D eigenvalue weighted by atomic mass is 16.2. The van der Waals surface area contributed by atoms with Crippen LogP contribution in [0.5, 0.6) is 0 Å². The number of nitrogens with one attached hydrogen (secondary N) is 1. The normalized spacial score (nSPS) is 42.3. The van der Waals surface area contributed by atoms with Crippen LogP contribution in [0.25, 0.3) is 0 Å². The fourth-order valence-corrected chi connectivity index (χ4v) is 4.84. The lowest BCUT2D eigenvalue weighted by atomic mass is 9.53. The Morgan fingerprint density at radius 3 is 2.22 bits per heavy atom. The minimum Gasteiger partial charge on any atom is -0.349 e. The Bertz CT molecular complexity index is 361. The summed E-state index contributed by atoms with van der Waals surface area (Å²) in [4.78, 5) is 12.1. The third-order valence-electron chi connectivity index (χ3n) is 5.10. The summed E-state index contributed by atoms with van der Waals surface area (Å²) >= 11 is 0.